The molecule has 0 saturated carbocycles. The monoisotopic (exact) mass is 335 g/mol. The number of hydrogen-bond acceptors (Lipinski definition) is 5. The Bertz CT molecular complexity index is 846. The molecule has 122 valence electrons. The van der Waals surface area contributed by atoms with Crippen LogP contribution in [0, 0.1) is 19.8 Å². The van der Waals surface area contributed by atoms with Crippen LogP contribution >= 0.6 is 11.3 Å². The van der Waals surface area contributed by atoms with Gasteiger partial charge in [0.25, 0.3) is 11.5 Å². The fourth-order valence-corrected chi connectivity index (χ4v) is 4.12. The van der Waals surface area contributed by atoms with Crippen LogP contribution in [-0.4, -0.2) is 44.9 Å². The lowest BCUT2D eigenvalue weighted by Gasteiger charge is -2.29. The Morgan fingerprint density at radius 1 is 1.30 bits per heavy atom. The van der Waals surface area contributed by atoms with Crippen molar-refractivity contribution in [2.24, 2.45) is 5.92 Å². The zero-order chi connectivity index (χ0) is 16.7. The summed E-state index contributed by atoms with van der Waals surface area (Å²) in [6, 6.07) is 0. The van der Waals surface area contributed by atoms with Gasteiger partial charge >= 0.3 is 5.97 Å². The molecule has 1 saturated heterocycles. The van der Waals surface area contributed by atoms with Crippen molar-refractivity contribution < 1.29 is 14.7 Å². The van der Waals surface area contributed by atoms with Crippen molar-refractivity contribution in [3.8, 4) is 0 Å². The Balaban J connectivity index is 1.90. The Labute approximate surface area is 136 Å². The van der Waals surface area contributed by atoms with E-state index in [1.54, 1.807) is 18.7 Å². The highest BCUT2D eigenvalue weighted by molar-refractivity contribution is 7.20. The Morgan fingerprint density at radius 3 is 2.57 bits per heavy atom. The van der Waals surface area contributed by atoms with Gasteiger partial charge in [0, 0.05) is 13.1 Å². The minimum Gasteiger partial charge on any atom is -0.481 e. The second-order valence-corrected chi connectivity index (χ2v) is 6.79. The van der Waals surface area contributed by atoms with Gasteiger partial charge in [0.1, 0.15) is 10.7 Å². The number of aromatic amines is 1. The van der Waals surface area contributed by atoms with Gasteiger partial charge < -0.3 is 15.0 Å². The highest BCUT2D eigenvalue weighted by Crippen LogP contribution is 2.29. The molecular weight excluding hydrogens is 318 g/mol. The third-order valence-electron chi connectivity index (χ3n) is 4.24. The summed E-state index contributed by atoms with van der Waals surface area (Å²) in [6.45, 7) is 4.30. The molecule has 0 atom stereocenters. The molecule has 0 unspecified atom stereocenters. The second kappa shape index (κ2) is 5.77. The molecule has 1 amide bonds. The van der Waals surface area contributed by atoms with E-state index in [1.807, 2.05) is 0 Å². The predicted molar refractivity (Wildman–Crippen MR) is 86.0 cm³/mol. The van der Waals surface area contributed by atoms with Crippen molar-refractivity contribution in [3.63, 3.8) is 0 Å². The number of aryl methyl sites for hydroxylation is 2. The third-order valence-corrected chi connectivity index (χ3v) is 5.42. The minimum absolute atomic E-state index is 0.147. The van der Waals surface area contributed by atoms with Gasteiger partial charge in [-0.15, -0.1) is 11.3 Å². The molecule has 1 aliphatic heterocycles. The van der Waals surface area contributed by atoms with Crippen LogP contribution in [0.5, 0.6) is 0 Å². The molecule has 0 radical (unpaired) electrons. The first-order chi connectivity index (χ1) is 10.9. The minimum atomic E-state index is -0.804. The van der Waals surface area contributed by atoms with Gasteiger partial charge in [0.15, 0.2) is 0 Å². The summed E-state index contributed by atoms with van der Waals surface area (Å²) in [5.74, 6) is -0.813. The van der Waals surface area contributed by atoms with Gasteiger partial charge in [-0.05, 0) is 32.3 Å². The summed E-state index contributed by atoms with van der Waals surface area (Å²) < 4.78 is 0. The van der Waals surface area contributed by atoms with Crippen molar-refractivity contribution in [1.82, 2.24) is 14.9 Å². The molecule has 2 aromatic heterocycles. The Kier molecular flexibility index (Phi) is 3.93. The Hall–Kier alpha value is -2.22. The molecule has 0 aliphatic carbocycles. The van der Waals surface area contributed by atoms with Gasteiger partial charge in [-0.1, -0.05) is 0 Å². The first kappa shape index (κ1) is 15.7. The number of hydrogen-bond donors (Lipinski definition) is 2. The van der Waals surface area contributed by atoms with Crippen molar-refractivity contribution >= 4 is 33.4 Å². The van der Waals surface area contributed by atoms with Gasteiger partial charge in [-0.2, -0.15) is 0 Å². The van der Waals surface area contributed by atoms with Gasteiger partial charge in [0.05, 0.1) is 16.2 Å². The number of carbonyl (C=O) groups excluding carboxylic acids is 1. The highest BCUT2D eigenvalue weighted by Gasteiger charge is 2.29. The fraction of sp³-hybridized carbons (Fsp3) is 0.467. The van der Waals surface area contributed by atoms with Gasteiger partial charge in [0.2, 0.25) is 0 Å². The summed E-state index contributed by atoms with van der Waals surface area (Å²) in [5.41, 5.74) is 0.411. The fourth-order valence-electron chi connectivity index (χ4n) is 2.93. The maximum absolute atomic E-state index is 12.7. The predicted octanol–water partition coefficient (Wildman–Crippen LogP) is 1.54. The van der Waals surface area contributed by atoms with Crippen LogP contribution in [0.1, 0.15) is 33.9 Å². The molecule has 1 aliphatic rings. The molecule has 7 nitrogen and oxygen atoms in total. The Morgan fingerprint density at radius 2 is 1.96 bits per heavy atom. The van der Waals surface area contributed by atoms with Crippen LogP contribution in [0.25, 0.3) is 10.2 Å². The number of nitrogens with one attached hydrogen (secondary N) is 1. The molecule has 2 N–H and O–H groups in total. The van der Waals surface area contributed by atoms with E-state index in [0.29, 0.717) is 52.4 Å². The number of carboxylic acids is 1. The van der Waals surface area contributed by atoms with Gasteiger partial charge in [-0.25, -0.2) is 4.98 Å². The van der Waals surface area contributed by atoms with Crippen LogP contribution < -0.4 is 5.56 Å². The molecule has 3 heterocycles. The summed E-state index contributed by atoms with van der Waals surface area (Å²) in [7, 11) is 0. The normalized spacial score (nSPS) is 16.0. The molecule has 0 bridgehead atoms. The number of carbonyl (C=O) groups is 2. The zero-order valence-electron chi connectivity index (χ0n) is 12.9. The molecule has 1 fully saturated rings. The molecule has 0 aromatic carbocycles. The van der Waals surface area contributed by atoms with Crippen LogP contribution in [0.15, 0.2) is 4.79 Å². The van der Waals surface area contributed by atoms with E-state index in [1.165, 1.54) is 11.3 Å². The average molecular weight is 335 g/mol. The number of thiophene rings is 1. The summed E-state index contributed by atoms with van der Waals surface area (Å²) >= 11 is 1.22. The summed E-state index contributed by atoms with van der Waals surface area (Å²) in [5, 5.41) is 9.49. The lowest BCUT2D eigenvalue weighted by molar-refractivity contribution is -0.143. The maximum Gasteiger partial charge on any atom is 0.306 e. The highest BCUT2D eigenvalue weighted by atomic mass is 32.1. The smallest absolute Gasteiger partial charge is 0.306 e. The number of H-pyrrole nitrogens is 1. The number of fused-ring (bicyclic) bond motifs is 1. The summed E-state index contributed by atoms with van der Waals surface area (Å²) in [4.78, 5) is 45.5. The van der Waals surface area contributed by atoms with Crippen molar-refractivity contribution in [2.45, 2.75) is 26.7 Å². The lowest BCUT2D eigenvalue weighted by Crippen LogP contribution is -2.40. The molecular formula is C15H17N3O4S. The van der Waals surface area contributed by atoms with Crippen LogP contribution in [-0.2, 0) is 4.79 Å². The van der Waals surface area contributed by atoms with Crippen molar-refractivity contribution in [2.75, 3.05) is 13.1 Å². The quantitative estimate of drug-likeness (QED) is 0.866. The lowest BCUT2D eigenvalue weighted by atomic mass is 9.97. The topological polar surface area (TPSA) is 103 Å². The number of aromatic nitrogens is 2. The number of nitrogens with zero attached hydrogens (tertiary/aromatic N) is 2. The molecule has 0 spiro atoms. The SMILES string of the molecule is Cc1nc2sc(C(=O)N3CCC(C(=O)O)CC3)c(C)c2c(=O)[nH]1. The maximum atomic E-state index is 12.7. The van der Waals surface area contributed by atoms with E-state index in [-0.39, 0.29) is 17.4 Å². The standard InChI is InChI=1S/C15H17N3O4S/c1-7-10-12(19)16-8(2)17-13(10)23-11(7)14(20)18-5-3-9(4-6-18)15(21)22/h9H,3-6H2,1-2H3,(H,21,22)(H,16,17,19). The van der Waals surface area contributed by atoms with E-state index in [4.69, 9.17) is 5.11 Å². The van der Waals surface area contributed by atoms with Crippen molar-refractivity contribution in [1.29, 1.82) is 0 Å². The van der Waals surface area contributed by atoms with E-state index >= 15 is 0 Å². The number of carboxylic acid groups (broad SMARTS) is 1. The van der Waals surface area contributed by atoms with Crippen LogP contribution in [0.4, 0.5) is 0 Å². The first-order valence-electron chi connectivity index (χ1n) is 7.40. The van der Waals surface area contributed by atoms with Crippen LogP contribution in [0.2, 0.25) is 0 Å². The second-order valence-electron chi connectivity index (χ2n) is 5.79. The number of rotatable bonds is 2. The number of aliphatic carboxylic acids is 1. The molecule has 2 aromatic rings. The molecule has 3 rings (SSSR count). The first-order valence-corrected chi connectivity index (χ1v) is 8.22. The third kappa shape index (κ3) is 2.74. The number of piperidine rings is 1. The van der Waals surface area contributed by atoms with Crippen LogP contribution in [0.3, 0.4) is 0 Å². The summed E-state index contributed by atoms with van der Waals surface area (Å²) in [6.07, 6.45) is 0.923. The van der Waals surface area contributed by atoms with Crippen molar-refractivity contribution in [3.05, 3.63) is 26.6 Å². The average Bonchev–Trinajstić information content (AvgIpc) is 2.83. The number of amides is 1. The largest absolute Gasteiger partial charge is 0.481 e. The number of likely N-dealkylation sites (tertiary alicyclic amines) is 1. The molecule has 8 heteroatoms. The molecule has 23 heavy (non-hydrogen) atoms. The zero-order valence-corrected chi connectivity index (χ0v) is 13.7. The van der Waals surface area contributed by atoms with E-state index in [2.05, 4.69) is 9.97 Å². The van der Waals surface area contributed by atoms with E-state index in [0.717, 1.165) is 0 Å². The van der Waals surface area contributed by atoms with E-state index in [9.17, 15) is 14.4 Å². The van der Waals surface area contributed by atoms with Gasteiger partial charge in [-0.3, -0.25) is 14.4 Å². The van der Waals surface area contributed by atoms with E-state index < -0.39 is 5.97 Å².